The minimum Gasteiger partial charge on any atom is -0.726 e. The number of quaternary nitrogens is 1. The monoisotopic (exact) mass is 545 g/mol. The van der Waals surface area contributed by atoms with Gasteiger partial charge < -0.3 is 19.5 Å². The van der Waals surface area contributed by atoms with Gasteiger partial charge in [0.25, 0.3) is 5.69 Å². The zero-order chi connectivity index (χ0) is 27.4. The van der Waals surface area contributed by atoms with Gasteiger partial charge in [0, 0.05) is 18.7 Å². The lowest BCUT2D eigenvalue weighted by Crippen LogP contribution is -2.48. The molecule has 0 amide bonds. The highest BCUT2D eigenvalue weighted by atomic mass is 35.5. The van der Waals surface area contributed by atoms with E-state index in [-0.39, 0.29) is 16.8 Å². The summed E-state index contributed by atoms with van der Waals surface area (Å²) >= 11 is 6.02. The van der Waals surface area contributed by atoms with Crippen LogP contribution >= 0.6 is 11.6 Å². The minimum atomic E-state index is -4.41. The molecule has 2 rings (SSSR count). The predicted molar refractivity (Wildman–Crippen MR) is 136 cm³/mol. The fourth-order valence-electron chi connectivity index (χ4n) is 3.08. The quantitative estimate of drug-likeness (QED) is 0.0778. The number of non-ortho nitro benzene ring substituents is 1. The lowest BCUT2D eigenvalue weighted by molar-refractivity contribution is -0.892. The summed E-state index contributed by atoms with van der Waals surface area (Å²) in [6.45, 7) is 5.27. The first kappa shape index (κ1) is 31.5. The van der Waals surface area contributed by atoms with Crippen LogP contribution in [0.25, 0.3) is 0 Å². The molecule has 0 heterocycles. The Bertz CT molecular complexity index is 1110. The van der Waals surface area contributed by atoms with Crippen molar-refractivity contribution >= 4 is 39.1 Å². The van der Waals surface area contributed by atoms with Crippen molar-refractivity contribution in [1.29, 1.82) is 0 Å². The number of likely N-dealkylation sites (N-methyl/N-ethyl adjacent to an activating group) is 1. The van der Waals surface area contributed by atoms with Crippen LogP contribution in [0.5, 0.6) is 0 Å². The number of hydrogen-bond acceptors (Lipinski definition) is 10. The highest BCUT2D eigenvalue weighted by Crippen LogP contribution is 2.30. The first-order chi connectivity index (χ1) is 16.7. The first-order valence-electron chi connectivity index (χ1n) is 10.9. The Morgan fingerprint density at radius 1 is 1.17 bits per heavy atom. The Labute approximate surface area is 216 Å². The van der Waals surface area contributed by atoms with Crippen molar-refractivity contribution in [2.75, 3.05) is 47.4 Å². The van der Waals surface area contributed by atoms with Crippen molar-refractivity contribution in [3.05, 3.63) is 63.2 Å². The molecule has 0 saturated heterocycles. The summed E-state index contributed by atoms with van der Waals surface area (Å²) in [6.07, 6.45) is 0.599. The fourth-order valence-corrected chi connectivity index (χ4v) is 3.29. The zero-order valence-corrected chi connectivity index (χ0v) is 22.2. The predicted octanol–water partition coefficient (Wildman–Crippen LogP) is 3.35. The summed E-state index contributed by atoms with van der Waals surface area (Å²) in [5.41, 5.74) is 2.17. The SMILES string of the molecule is CC(O)C[N+](C)(C)CCNCCc1ccc(N=Nc2ccc([N+](=O)[O-])cc2Cl)cc1.COS(=O)(=O)[O-]. The molecule has 14 heteroatoms. The molecule has 0 radical (unpaired) electrons. The number of nitrogens with zero attached hydrogens (tertiary/aromatic N) is 4. The molecule has 0 aromatic heterocycles. The molecule has 0 saturated carbocycles. The Morgan fingerprint density at radius 3 is 2.28 bits per heavy atom. The Balaban J connectivity index is 0.000000960. The third-order valence-electron chi connectivity index (χ3n) is 4.80. The minimum absolute atomic E-state index is 0.0811. The number of aliphatic hydroxyl groups excluding tert-OH is 1. The molecule has 0 aliphatic carbocycles. The van der Waals surface area contributed by atoms with E-state index in [1.54, 1.807) is 0 Å². The van der Waals surface area contributed by atoms with Gasteiger partial charge in [0.05, 0.1) is 43.4 Å². The number of benzene rings is 2. The van der Waals surface area contributed by atoms with E-state index in [0.29, 0.717) is 11.4 Å². The standard InChI is InChI=1S/C21H29ClN5O3.CH4O4S/c1-16(28)15-27(2,3)13-12-23-11-10-17-4-6-18(7-5-17)24-25-21-9-8-19(26(29)30)14-20(21)22;1-5-6(2,3)4/h4-9,14,16,23,28H,10-13,15H2,1-3H3;1H3,(H,2,3,4)/q+1;/p-1. The maximum atomic E-state index is 10.7. The van der Waals surface area contributed by atoms with Crippen LogP contribution in [-0.2, 0) is 21.0 Å². The van der Waals surface area contributed by atoms with Crippen LogP contribution in [-0.4, -0.2) is 81.0 Å². The molecule has 0 bridgehead atoms. The van der Waals surface area contributed by atoms with Gasteiger partial charge in [0.1, 0.15) is 18.3 Å². The molecule has 12 nitrogen and oxygen atoms in total. The first-order valence-corrected chi connectivity index (χ1v) is 12.6. The van der Waals surface area contributed by atoms with Gasteiger partial charge in [-0.05, 0) is 43.7 Å². The van der Waals surface area contributed by atoms with Crippen molar-refractivity contribution in [1.82, 2.24) is 5.32 Å². The van der Waals surface area contributed by atoms with Gasteiger partial charge >= 0.3 is 0 Å². The second-order valence-electron chi connectivity index (χ2n) is 8.53. The molecule has 0 fully saturated rings. The number of nitro groups is 1. The average Bonchev–Trinajstić information content (AvgIpc) is 2.77. The number of azo groups is 1. The fraction of sp³-hybridized carbons (Fsp3) is 0.455. The molecule has 1 atom stereocenters. The van der Waals surface area contributed by atoms with Gasteiger partial charge in [-0.15, -0.1) is 5.11 Å². The van der Waals surface area contributed by atoms with Crippen LogP contribution in [0.1, 0.15) is 12.5 Å². The summed E-state index contributed by atoms with van der Waals surface area (Å²) in [5.74, 6) is 0. The van der Waals surface area contributed by atoms with Crippen molar-refractivity contribution in [2.45, 2.75) is 19.4 Å². The van der Waals surface area contributed by atoms with E-state index in [1.807, 2.05) is 31.2 Å². The largest absolute Gasteiger partial charge is 0.726 e. The molecule has 0 spiro atoms. The van der Waals surface area contributed by atoms with E-state index in [4.69, 9.17) is 11.6 Å². The summed E-state index contributed by atoms with van der Waals surface area (Å²) in [5, 5.41) is 32.1. The van der Waals surface area contributed by atoms with Gasteiger partial charge in [0.2, 0.25) is 10.4 Å². The Morgan fingerprint density at radius 2 is 1.78 bits per heavy atom. The molecular formula is C22H32ClN5O7S. The number of nitro benzene ring substituents is 1. The molecule has 0 aliphatic heterocycles. The maximum Gasteiger partial charge on any atom is 0.271 e. The lowest BCUT2D eigenvalue weighted by atomic mass is 10.1. The van der Waals surface area contributed by atoms with Gasteiger partial charge in [-0.25, -0.2) is 8.42 Å². The Hall–Kier alpha value is -2.52. The Kier molecular flexibility index (Phi) is 13.0. The summed E-state index contributed by atoms with van der Waals surface area (Å²) in [6, 6.07) is 11.8. The van der Waals surface area contributed by atoms with Gasteiger partial charge in [-0.3, -0.25) is 14.3 Å². The van der Waals surface area contributed by atoms with E-state index >= 15 is 0 Å². The van der Waals surface area contributed by atoms with Crippen molar-refractivity contribution in [3.8, 4) is 0 Å². The topological polar surface area (TPSA) is 167 Å². The highest BCUT2D eigenvalue weighted by molar-refractivity contribution is 7.80. The highest BCUT2D eigenvalue weighted by Gasteiger charge is 2.16. The van der Waals surface area contributed by atoms with Crippen molar-refractivity contribution < 1.29 is 31.7 Å². The summed E-state index contributed by atoms with van der Waals surface area (Å²) < 4.78 is 31.8. The third kappa shape index (κ3) is 13.5. The maximum absolute atomic E-state index is 10.7. The third-order valence-corrected chi connectivity index (χ3v) is 5.51. The van der Waals surface area contributed by atoms with E-state index < -0.39 is 15.3 Å². The smallest absolute Gasteiger partial charge is 0.271 e. The van der Waals surface area contributed by atoms with Crippen LogP contribution in [0.15, 0.2) is 52.7 Å². The molecule has 1 unspecified atom stereocenters. The zero-order valence-electron chi connectivity index (χ0n) is 20.6. The molecule has 2 aromatic rings. The van der Waals surface area contributed by atoms with Crippen LogP contribution in [0.4, 0.5) is 17.1 Å². The summed E-state index contributed by atoms with van der Waals surface area (Å²) in [7, 11) is 0.629. The van der Waals surface area contributed by atoms with Crippen LogP contribution in [0.2, 0.25) is 5.02 Å². The molecule has 2 aromatic carbocycles. The van der Waals surface area contributed by atoms with Crippen LogP contribution in [0, 0.1) is 10.1 Å². The van der Waals surface area contributed by atoms with E-state index in [2.05, 4.69) is 33.8 Å². The van der Waals surface area contributed by atoms with Gasteiger partial charge in [-0.1, -0.05) is 23.7 Å². The number of halogens is 1. The number of aliphatic hydroxyl groups is 1. The normalized spacial score (nSPS) is 12.8. The van der Waals surface area contributed by atoms with Crippen molar-refractivity contribution in [3.63, 3.8) is 0 Å². The molecule has 0 aliphatic rings. The van der Waals surface area contributed by atoms with E-state index in [1.165, 1.54) is 23.8 Å². The molecule has 200 valence electrons. The molecule has 36 heavy (non-hydrogen) atoms. The lowest BCUT2D eigenvalue weighted by Gasteiger charge is -2.31. The van der Waals surface area contributed by atoms with E-state index in [0.717, 1.165) is 44.2 Å². The molecule has 2 N–H and O–H groups in total. The van der Waals surface area contributed by atoms with Gasteiger partial charge in [-0.2, -0.15) is 5.11 Å². The number of hydrogen-bond donors (Lipinski definition) is 2. The second kappa shape index (κ2) is 14.9. The molecular weight excluding hydrogens is 514 g/mol. The van der Waals surface area contributed by atoms with Crippen LogP contribution < -0.4 is 5.32 Å². The second-order valence-corrected chi connectivity index (χ2v) is 10.1. The number of nitrogens with one attached hydrogen (secondary N) is 1. The van der Waals surface area contributed by atoms with Crippen LogP contribution in [0.3, 0.4) is 0 Å². The average molecular weight is 546 g/mol. The van der Waals surface area contributed by atoms with Crippen molar-refractivity contribution in [2.24, 2.45) is 10.2 Å². The van der Waals surface area contributed by atoms with Gasteiger partial charge in [0.15, 0.2) is 0 Å². The van der Waals surface area contributed by atoms with E-state index in [9.17, 15) is 28.2 Å². The summed E-state index contributed by atoms with van der Waals surface area (Å²) in [4.78, 5) is 10.2. The number of rotatable bonds is 12.